The lowest BCUT2D eigenvalue weighted by Gasteiger charge is -2.32. The Labute approximate surface area is 170 Å². The second-order valence-corrected chi connectivity index (χ2v) is 7.44. The molecular formula is C22H25N5O2. The number of ether oxygens (including phenoxy) is 1. The van der Waals surface area contributed by atoms with Crippen LogP contribution in [0, 0.1) is 5.92 Å². The molecule has 1 fully saturated rings. The van der Waals surface area contributed by atoms with Crippen LogP contribution in [-0.2, 0) is 17.7 Å². The lowest BCUT2D eigenvalue weighted by molar-refractivity contribution is 0.0437. The van der Waals surface area contributed by atoms with Crippen molar-refractivity contribution in [1.29, 1.82) is 0 Å². The normalized spacial score (nSPS) is 15.8. The van der Waals surface area contributed by atoms with Gasteiger partial charge in [-0.05, 0) is 46.7 Å². The van der Waals surface area contributed by atoms with Gasteiger partial charge in [0.05, 0.1) is 6.54 Å². The lowest BCUT2D eigenvalue weighted by atomic mass is 9.90. The second-order valence-electron chi connectivity index (χ2n) is 7.44. The van der Waals surface area contributed by atoms with Gasteiger partial charge in [0.15, 0.2) is 0 Å². The number of amides is 1. The van der Waals surface area contributed by atoms with Gasteiger partial charge in [-0.1, -0.05) is 60.7 Å². The molecule has 1 aromatic heterocycles. The average molecular weight is 391 g/mol. The number of tetrazole rings is 1. The van der Waals surface area contributed by atoms with E-state index in [1.54, 1.807) is 4.68 Å². The maximum atomic E-state index is 12.8. The number of likely N-dealkylation sites (tertiary alicyclic amines) is 1. The van der Waals surface area contributed by atoms with Crippen LogP contribution >= 0.6 is 0 Å². The number of nitrogens with zero attached hydrogens (tertiary/aromatic N) is 5. The number of rotatable bonds is 6. The number of carbonyl (C=O) groups is 1. The SMILES string of the molecule is O=C(OC(Cn1cnnn1)c1ccccc1)N1CCC(Cc2ccccc2)CC1. The molecule has 150 valence electrons. The highest BCUT2D eigenvalue weighted by molar-refractivity contribution is 5.68. The molecule has 0 radical (unpaired) electrons. The fraction of sp³-hybridized carbons (Fsp3) is 0.364. The summed E-state index contributed by atoms with van der Waals surface area (Å²) in [5.74, 6) is 0.604. The molecule has 1 aliphatic heterocycles. The average Bonchev–Trinajstić information content (AvgIpc) is 3.28. The molecule has 3 aromatic rings. The summed E-state index contributed by atoms with van der Waals surface area (Å²) >= 11 is 0. The van der Waals surface area contributed by atoms with Gasteiger partial charge in [0.1, 0.15) is 12.4 Å². The van der Waals surface area contributed by atoms with Crippen molar-refractivity contribution in [2.75, 3.05) is 13.1 Å². The summed E-state index contributed by atoms with van der Waals surface area (Å²) in [6.07, 6.45) is 3.87. The van der Waals surface area contributed by atoms with Crippen molar-refractivity contribution in [1.82, 2.24) is 25.1 Å². The van der Waals surface area contributed by atoms with E-state index < -0.39 is 6.10 Å². The van der Waals surface area contributed by atoms with Crippen LogP contribution < -0.4 is 0 Å². The van der Waals surface area contributed by atoms with Crippen LogP contribution in [0.2, 0.25) is 0 Å². The zero-order valence-corrected chi connectivity index (χ0v) is 16.3. The van der Waals surface area contributed by atoms with E-state index in [1.165, 1.54) is 11.9 Å². The second kappa shape index (κ2) is 9.32. The minimum absolute atomic E-state index is 0.273. The molecule has 0 bridgehead atoms. The van der Waals surface area contributed by atoms with Crippen molar-refractivity contribution < 1.29 is 9.53 Å². The third-order valence-corrected chi connectivity index (χ3v) is 5.40. The summed E-state index contributed by atoms with van der Waals surface area (Å²) in [6, 6.07) is 20.3. The molecule has 1 atom stereocenters. The van der Waals surface area contributed by atoms with E-state index in [0.29, 0.717) is 12.5 Å². The molecule has 7 nitrogen and oxygen atoms in total. The van der Waals surface area contributed by atoms with Crippen LogP contribution in [-0.4, -0.2) is 44.3 Å². The van der Waals surface area contributed by atoms with Crippen LogP contribution in [0.25, 0.3) is 0 Å². The topological polar surface area (TPSA) is 73.1 Å². The molecular weight excluding hydrogens is 366 g/mol. The van der Waals surface area contributed by atoms with Crippen LogP contribution in [0.4, 0.5) is 4.79 Å². The van der Waals surface area contributed by atoms with E-state index in [0.717, 1.165) is 37.9 Å². The zero-order chi connectivity index (χ0) is 19.9. The number of aromatic nitrogens is 4. The molecule has 2 aromatic carbocycles. The molecule has 1 saturated heterocycles. The minimum Gasteiger partial charge on any atom is -0.439 e. The Morgan fingerprint density at radius 2 is 1.72 bits per heavy atom. The first-order valence-corrected chi connectivity index (χ1v) is 10.0. The largest absolute Gasteiger partial charge is 0.439 e. The summed E-state index contributed by atoms with van der Waals surface area (Å²) in [4.78, 5) is 14.6. The fourth-order valence-electron chi connectivity index (χ4n) is 3.78. The van der Waals surface area contributed by atoms with E-state index >= 15 is 0 Å². The first kappa shape index (κ1) is 19.1. The van der Waals surface area contributed by atoms with Crippen LogP contribution in [0.5, 0.6) is 0 Å². The number of benzene rings is 2. The van der Waals surface area contributed by atoms with Gasteiger partial charge < -0.3 is 9.64 Å². The molecule has 1 unspecified atom stereocenters. The number of hydrogen-bond acceptors (Lipinski definition) is 5. The highest BCUT2D eigenvalue weighted by Crippen LogP contribution is 2.25. The van der Waals surface area contributed by atoms with Gasteiger partial charge in [-0.15, -0.1) is 5.10 Å². The van der Waals surface area contributed by atoms with E-state index in [2.05, 4.69) is 39.8 Å². The third kappa shape index (κ3) is 5.19. The molecule has 1 amide bonds. The smallest absolute Gasteiger partial charge is 0.410 e. The molecule has 2 heterocycles. The van der Waals surface area contributed by atoms with Gasteiger partial charge in [0, 0.05) is 13.1 Å². The summed E-state index contributed by atoms with van der Waals surface area (Å²) in [5, 5.41) is 11.2. The van der Waals surface area contributed by atoms with Crippen LogP contribution in [0.15, 0.2) is 67.0 Å². The van der Waals surface area contributed by atoms with E-state index in [9.17, 15) is 4.79 Å². The molecule has 0 saturated carbocycles. The molecule has 0 N–H and O–H groups in total. The summed E-state index contributed by atoms with van der Waals surface area (Å²) < 4.78 is 7.45. The maximum absolute atomic E-state index is 12.8. The Morgan fingerprint density at radius 1 is 1.03 bits per heavy atom. The van der Waals surface area contributed by atoms with Gasteiger partial charge in [0.25, 0.3) is 0 Å². The van der Waals surface area contributed by atoms with E-state index in [4.69, 9.17) is 4.74 Å². The summed E-state index contributed by atoms with van der Waals surface area (Å²) in [6.45, 7) is 1.83. The van der Waals surface area contributed by atoms with Crippen molar-refractivity contribution in [3.63, 3.8) is 0 Å². The molecule has 4 rings (SSSR count). The molecule has 0 aliphatic carbocycles. The Bertz CT molecular complexity index is 878. The Morgan fingerprint density at radius 3 is 2.38 bits per heavy atom. The maximum Gasteiger partial charge on any atom is 0.410 e. The van der Waals surface area contributed by atoms with Gasteiger partial charge >= 0.3 is 6.09 Å². The Balaban J connectivity index is 1.34. The fourth-order valence-corrected chi connectivity index (χ4v) is 3.78. The minimum atomic E-state index is -0.436. The quantitative estimate of drug-likeness (QED) is 0.643. The zero-order valence-electron chi connectivity index (χ0n) is 16.3. The first-order chi connectivity index (χ1) is 14.3. The summed E-state index contributed by atoms with van der Waals surface area (Å²) in [7, 11) is 0. The van der Waals surface area contributed by atoms with Gasteiger partial charge in [-0.3, -0.25) is 0 Å². The van der Waals surface area contributed by atoms with Gasteiger partial charge in [-0.25, -0.2) is 9.48 Å². The van der Waals surface area contributed by atoms with Crippen LogP contribution in [0.1, 0.15) is 30.1 Å². The number of piperidine rings is 1. The lowest BCUT2D eigenvalue weighted by Crippen LogP contribution is -2.40. The van der Waals surface area contributed by atoms with Gasteiger partial charge in [0.2, 0.25) is 0 Å². The van der Waals surface area contributed by atoms with Crippen LogP contribution in [0.3, 0.4) is 0 Å². The number of hydrogen-bond donors (Lipinski definition) is 0. The molecule has 0 spiro atoms. The Hall–Kier alpha value is -3.22. The highest BCUT2D eigenvalue weighted by Gasteiger charge is 2.27. The van der Waals surface area contributed by atoms with E-state index in [-0.39, 0.29) is 6.09 Å². The van der Waals surface area contributed by atoms with Crippen molar-refractivity contribution in [2.45, 2.75) is 31.9 Å². The molecule has 29 heavy (non-hydrogen) atoms. The first-order valence-electron chi connectivity index (χ1n) is 10.0. The van der Waals surface area contributed by atoms with E-state index in [1.807, 2.05) is 41.3 Å². The van der Waals surface area contributed by atoms with Gasteiger partial charge in [-0.2, -0.15) is 0 Å². The third-order valence-electron chi connectivity index (χ3n) is 5.40. The molecule has 1 aliphatic rings. The highest BCUT2D eigenvalue weighted by atomic mass is 16.6. The predicted octanol–water partition coefficient (Wildman–Crippen LogP) is 3.51. The van der Waals surface area contributed by atoms with Crippen molar-refractivity contribution in [3.8, 4) is 0 Å². The van der Waals surface area contributed by atoms with Crippen molar-refractivity contribution in [3.05, 3.63) is 78.1 Å². The standard InChI is InChI=1S/C22H25N5O2/c28-22(26-13-11-19(12-14-26)15-18-7-3-1-4-8-18)29-21(16-27-17-23-24-25-27)20-9-5-2-6-10-20/h1-10,17,19,21H,11-16H2. The summed E-state index contributed by atoms with van der Waals surface area (Å²) in [5.41, 5.74) is 2.29. The predicted molar refractivity (Wildman–Crippen MR) is 108 cm³/mol. The number of carbonyl (C=O) groups excluding carboxylic acids is 1. The monoisotopic (exact) mass is 391 g/mol. The Kier molecular flexibility index (Phi) is 6.14. The van der Waals surface area contributed by atoms with Crippen molar-refractivity contribution in [2.24, 2.45) is 5.92 Å². The molecule has 7 heteroatoms. The van der Waals surface area contributed by atoms with Crippen molar-refractivity contribution >= 4 is 6.09 Å².